The Hall–Kier alpha value is -3.12. The van der Waals surface area contributed by atoms with Crippen LogP contribution in [0.3, 0.4) is 0 Å². The second kappa shape index (κ2) is 7.86. The molecule has 3 aromatic rings. The standard InChI is InChI=1S/C22H22N2O3S/c1-17-12-14-21(15-13-17)28(26,27)24(19-9-5-4-6-10-19)22(25)18-8-7-11-20(16-18)23(2)3/h4-16H,1-3H3. The Labute approximate surface area is 165 Å². The third kappa shape index (κ3) is 3.92. The van der Waals surface area contributed by atoms with Gasteiger partial charge >= 0.3 is 0 Å². The second-order valence-corrected chi connectivity index (χ2v) is 8.45. The number of anilines is 2. The Morgan fingerprint density at radius 2 is 1.39 bits per heavy atom. The highest BCUT2D eigenvalue weighted by Crippen LogP contribution is 2.27. The summed E-state index contributed by atoms with van der Waals surface area (Å²) in [4.78, 5) is 15.3. The van der Waals surface area contributed by atoms with Gasteiger partial charge in [0.2, 0.25) is 0 Å². The molecule has 0 N–H and O–H groups in total. The molecule has 0 radical (unpaired) electrons. The van der Waals surface area contributed by atoms with Gasteiger partial charge < -0.3 is 4.90 Å². The average molecular weight is 394 g/mol. The molecule has 3 aromatic carbocycles. The van der Waals surface area contributed by atoms with Gasteiger partial charge in [0.1, 0.15) is 0 Å². The van der Waals surface area contributed by atoms with E-state index in [9.17, 15) is 13.2 Å². The Morgan fingerprint density at radius 3 is 2.00 bits per heavy atom. The lowest BCUT2D eigenvalue weighted by Gasteiger charge is -2.23. The molecule has 0 atom stereocenters. The Balaban J connectivity index is 2.14. The summed E-state index contributed by atoms with van der Waals surface area (Å²) in [5.74, 6) is -0.601. The summed E-state index contributed by atoms with van der Waals surface area (Å²) in [6, 6.07) is 21.8. The van der Waals surface area contributed by atoms with Gasteiger partial charge in [-0.1, -0.05) is 42.0 Å². The maximum absolute atomic E-state index is 13.4. The molecule has 3 rings (SSSR count). The number of hydrogen-bond acceptors (Lipinski definition) is 4. The van der Waals surface area contributed by atoms with Crippen molar-refractivity contribution in [1.82, 2.24) is 0 Å². The van der Waals surface area contributed by atoms with Crippen molar-refractivity contribution in [3.05, 3.63) is 90.0 Å². The van der Waals surface area contributed by atoms with Gasteiger partial charge in [-0.15, -0.1) is 0 Å². The van der Waals surface area contributed by atoms with Gasteiger partial charge in [0.25, 0.3) is 15.9 Å². The van der Waals surface area contributed by atoms with Crippen molar-refractivity contribution >= 4 is 27.3 Å². The van der Waals surface area contributed by atoms with Crippen LogP contribution < -0.4 is 9.21 Å². The number of rotatable bonds is 5. The van der Waals surface area contributed by atoms with E-state index in [2.05, 4.69) is 0 Å². The van der Waals surface area contributed by atoms with Crippen LogP contribution in [0.1, 0.15) is 15.9 Å². The maximum Gasteiger partial charge on any atom is 0.272 e. The number of carbonyl (C=O) groups excluding carboxylic acids is 1. The topological polar surface area (TPSA) is 57.7 Å². The highest BCUT2D eigenvalue weighted by molar-refractivity contribution is 7.93. The van der Waals surface area contributed by atoms with Gasteiger partial charge in [0, 0.05) is 25.3 Å². The van der Waals surface area contributed by atoms with E-state index in [1.807, 2.05) is 32.0 Å². The van der Waals surface area contributed by atoms with Crippen LogP contribution in [0.2, 0.25) is 0 Å². The molecule has 0 saturated heterocycles. The predicted octanol–water partition coefficient (Wildman–Crippen LogP) is 4.10. The zero-order valence-electron chi connectivity index (χ0n) is 16.0. The van der Waals surface area contributed by atoms with Crippen molar-refractivity contribution < 1.29 is 13.2 Å². The number of carbonyl (C=O) groups is 1. The fourth-order valence-corrected chi connectivity index (χ4v) is 4.19. The predicted molar refractivity (Wildman–Crippen MR) is 112 cm³/mol. The lowest BCUT2D eigenvalue weighted by Crippen LogP contribution is -2.37. The minimum absolute atomic E-state index is 0.0686. The first-order chi connectivity index (χ1) is 13.3. The van der Waals surface area contributed by atoms with Crippen LogP contribution >= 0.6 is 0 Å². The molecular formula is C22H22N2O3S. The quantitative estimate of drug-likeness (QED) is 0.654. The van der Waals surface area contributed by atoms with E-state index >= 15 is 0 Å². The monoisotopic (exact) mass is 394 g/mol. The van der Waals surface area contributed by atoms with Crippen LogP contribution in [-0.2, 0) is 10.0 Å². The first kappa shape index (κ1) is 19.6. The highest BCUT2D eigenvalue weighted by Gasteiger charge is 2.31. The van der Waals surface area contributed by atoms with Crippen LogP contribution in [0.4, 0.5) is 11.4 Å². The normalized spacial score (nSPS) is 11.1. The summed E-state index contributed by atoms with van der Waals surface area (Å²) in [6.45, 7) is 1.88. The molecule has 0 fully saturated rings. The third-order valence-corrected chi connectivity index (χ3v) is 6.07. The molecule has 0 heterocycles. The van der Waals surface area contributed by atoms with E-state index in [0.29, 0.717) is 11.3 Å². The molecule has 0 aliphatic rings. The van der Waals surface area contributed by atoms with Gasteiger partial charge in [-0.05, 0) is 49.4 Å². The third-order valence-electron chi connectivity index (χ3n) is 4.34. The number of hydrogen-bond donors (Lipinski definition) is 0. The molecule has 28 heavy (non-hydrogen) atoms. The summed E-state index contributed by atoms with van der Waals surface area (Å²) < 4.78 is 27.6. The summed E-state index contributed by atoms with van der Waals surface area (Å²) >= 11 is 0. The van der Waals surface area contributed by atoms with Gasteiger partial charge in [-0.25, -0.2) is 8.42 Å². The average Bonchev–Trinajstić information content (AvgIpc) is 2.69. The number of aryl methyl sites for hydroxylation is 1. The number of benzene rings is 3. The molecule has 5 nitrogen and oxygen atoms in total. The van der Waals surface area contributed by atoms with E-state index in [1.165, 1.54) is 12.1 Å². The second-order valence-electron chi connectivity index (χ2n) is 6.67. The zero-order chi connectivity index (χ0) is 20.3. The fourth-order valence-electron chi connectivity index (χ4n) is 2.78. The lowest BCUT2D eigenvalue weighted by molar-refractivity contribution is 0.101. The van der Waals surface area contributed by atoms with Gasteiger partial charge in [0.05, 0.1) is 10.6 Å². The first-order valence-electron chi connectivity index (χ1n) is 8.79. The lowest BCUT2D eigenvalue weighted by atomic mass is 10.1. The minimum atomic E-state index is -4.08. The minimum Gasteiger partial charge on any atom is -0.378 e. The molecule has 6 heteroatoms. The molecule has 0 aliphatic heterocycles. The number of para-hydroxylation sites is 1. The fraction of sp³-hybridized carbons (Fsp3) is 0.136. The molecule has 0 aliphatic carbocycles. The molecule has 144 valence electrons. The Bertz CT molecular complexity index is 1080. The summed E-state index contributed by atoms with van der Waals surface area (Å²) in [5, 5.41) is 0. The van der Waals surface area contributed by atoms with Crippen LogP contribution in [0, 0.1) is 6.92 Å². The summed E-state index contributed by atoms with van der Waals surface area (Å²) in [6.07, 6.45) is 0. The Kier molecular flexibility index (Phi) is 5.51. The van der Waals surface area contributed by atoms with E-state index < -0.39 is 15.9 Å². The smallest absolute Gasteiger partial charge is 0.272 e. The molecule has 0 spiro atoms. The maximum atomic E-state index is 13.4. The Morgan fingerprint density at radius 1 is 0.786 bits per heavy atom. The van der Waals surface area contributed by atoms with Crippen LogP contribution in [0.5, 0.6) is 0 Å². The summed E-state index contributed by atoms with van der Waals surface area (Å²) in [7, 11) is -0.356. The van der Waals surface area contributed by atoms with Gasteiger partial charge in [-0.3, -0.25) is 4.79 Å². The SMILES string of the molecule is Cc1ccc(S(=O)(=O)N(C(=O)c2cccc(N(C)C)c2)c2ccccc2)cc1. The molecule has 0 saturated carbocycles. The van der Waals surface area contributed by atoms with Crippen LogP contribution in [0.25, 0.3) is 0 Å². The van der Waals surface area contributed by atoms with Crippen LogP contribution in [-0.4, -0.2) is 28.4 Å². The van der Waals surface area contributed by atoms with E-state index in [4.69, 9.17) is 0 Å². The van der Waals surface area contributed by atoms with Crippen molar-refractivity contribution in [3.8, 4) is 0 Å². The zero-order valence-corrected chi connectivity index (χ0v) is 16.8. The summed E-state index contributed by atoms with van der Waals surface area (Å²) in [5.41, 5.74) is 2.34. The van der Waals surface area contributed by atoms with Crippen molar-refractivity contribution in [1.29, 1.82) is 0 Å². The van der Waals surface area contributed by atoms with Gasteiger partial charge in [0.15, 0.2) is 0 Å². The van der Waals surface area contributed by atoms with Crippen LogP contribution in [0.15, 0.2) is 83.8 Å². The molecule has 0 unspecified atom stereocenters. The molecule has 0 bridgehead atoms. The van der Waals surface area contributed by atoms with Gasteiger partial charge in [-0.2, -0.15) is 4.31 Å². The molecular weight excluding hydrogens is 372 g/mol. The van der Waals surface area contributed by atoms with E-state index in [-0.39, 0.29) is 4.90 Å². The first-order valence-corrected chi connectivity index (χ1v) is 10.2. The largest absolute Gasteiger partial charge is 0.378 e. The van der Waals surface area contributed by atoms with E-state index in [1.54, 1.807) is 60.7 Å². The van der Waals surface area contributed by atoms with Crippen molar-refractivity contribution in [3.63, 3.8) is 0 Å². The molecule has 1 amide bonds. The van der Waals surface area contributed by atoms with Crippen molar-refractivity contribution in [2.45, 2.75) is 11.8 Å². The van der Waals surface area contributed by atoms with Crippen molar-refractivity contribution in [2.24, 2.45) is 0 Å². The van der Waals surface area contributed by atoms with Crippen molar-refractivity contribution in [2.75, 3.05) is 23.3 Å². The number of nitrogens with zero attached hydrogens (tertiary/aromatic N) is 2. The number of amides is 1. The van der Waals surface area contributed by atoms with E-state index in [0.717, 1.165) is 15.6 Å². The highest BCUT2D eigenvalue weighted by atomic mass is 32.2. The molecule has 0 aromatic heterocycles. The number of sulfonamides is 1.